The van der Waals surface area contributed by atoms with E-state index in [1.165, 1.54) is 6.07 Å². The first-order valence-electron chi connectivity index (χ1n) is 6.83. The lowest BCUT2D eigenvalue weighted by atomic mass is 9.97. The lowest BCUT2D eigenvalue weighted by Crippen LogP contribution is -1.99. The Kier molecular flexibility index (Phi) is 4.00. The number of cyclic esters (lactones) is 1. The molecule has 0 aromatic heterocycles. The predicted molar refractivity (Wildman–Crippen MR) is 88.8 cm³/mol. The van der Waals surface area contributed by atoms with Crippen molar-refractivity contribution in [2.75, 3.05) is 12.9 Å². The molecule has 0 saturated heterocycles. The molecule has 1 aliphatic rings. The average Bonchev–Trinajstić information content (AvgIpc) is 2.88. The van der Waals surface area contributed by atoms with E-state index in [0.717, 1.165) is 11.8 Å². The molecule has 0 fully saturated rings. The highest BCUT2D eigenvalue weighted by Crippen LogP contribution is 2.35. The Balaban J connectivity index is 2.15. The van der Waals surface area contributed by atoms with E-state index in [4.69, 9.17) is 16.3 Å². The van der Waals surface area contributed by atoms with E-state index >= 15 is 0 Å². The molecule has 0 bridgehead atoms. The van der Waals surface area contributed by atoms with Gasteiger partial charge >= 0.3 is 5.97 Å². The van der Waals surface area contributed by atoms with Gasteiger partial charge in [0, 0.05) is 11.8 Å². The molecule has 0 aliphatic carbocycles. The quantitative estimate of drug-likeness (QED) is 0.799. The van der Waals surface area contributed by atoms with Crippen LogP contribution in [0.3, 0.4) is 0 Å². The summed E-state index contributed by atoms with van der Waals surface area (Å²) in [6.45, 7) is 0.137. The normalized spacial score (nSPS) is 15.0. The highest BCUT2D eigenvalue weighted by molar-refractivity contribution is 7.90. The second-order valence-corrected chi connectivity index (χ2v) is 7.60. The minimum absolute atomic E-state index is 0.0648. The van der Waals surface area contributed by atoms with Crippen LogP contribution in [-0.4, -0.2) is 27.2 Å². The first kappa shape index (κ1) is 15.8. The number of carbonyl (C=O) groups excluding carboxylic acids is 1. The molecule has 0 radical (unpaired) electrons. The van der Waals surface area contributed by atoms with Crippen LogP contribution in [0, 0.1) is 0 Å². The zero-order valence-corrected chi connectivity index (χ0v) is 13.8. The Morgan fingerprint density at radius 2 is 1.74 bits per heavy atom. The van der Waals surface area contributed by atoms with E-state index in [0.29, 0.717) is 16.7 Å². The molecule has 0 atom stereocenters. The molecule has 0 N–H and O–H groups in total. The summed E-state index contributed by atoms with van der Waals surface area (Å²) in [5.74, 6) is -0.394. The van der Waals surface area contributed by atoms with Gasteiger partial charge in [0.15, 0.2) is 9.84 Å². The van der Waals surface area contributed by atoms with Crippen molar-refractivity contribution in [3.63, 3.8) is 0 Å². The molecule has 0 saturated carbocycles. The van der Waals surface area contributed by atoms with Gasteiger partial charge in [0.25, 0.3) is 0 Å². The summed E-state index contributed by atoms with van der Waals surface area (Å²) in [5, 5.41) is 0.129. The van der Waals surface area contributed by atoms with Crippen molar-refractivity contribution in [3.05, 3.63) is 64.7 Å². The van der Waals surface area contributed by atoms with Gasteiger partial charge in [-0.25, -0.2) is 13.2 Å². The van der Waals surface area contributed by atoms with Crippen LogP contribution in [0.4, 0.5) is 0 Å². The van der Waals surface area contributed by atoms with Gasteiger partial charge in [-0.3, -0.25) is 0 Å². The van der Waals surface area contributed by atoms with Gasteiger partial charge < -0.3 is 4.74 Å². The number of carbonyl (C=O) groups is 1. The Morgan fingerprint density at radius 1 is 1.04 bits per heavy atom. The number of rotatable bonds is 3. The molecule has 118 valence electrons. The minimum Gasteiger partial charge on any atom is -0.457 e. The summed E-state index contributed by atoms with van der Waals surface area (Å²) in [6, 6.07) is 13.8. The van der Waals surface area contributed by atoms with Gasteiger partial charge in [0.2, 0.25) is 0 Å². The maximum absolute atomic E-state index is 12.1. The lowest BCUT2D eigenvalue weighted by molar-refractivity contribution is -0.133. The number of hydrogen-bond acceptors (Lipinski definition) is 4. The van der Waals surface area contributed by atoms with E-state index in [1.807, 2.05) is 30.3 Å². The highest BCUT2D eigenvalue weighted by atomic mass is 35.5. The molecule has 23 heavy (non-hydrogen) atoms. The Labute approximate surface area is 139 Å². The second-order valence-electron chi connectivity index (χ2n) is 5.21. The van der Waals surface area contributed by atoms with Crippen LogP contribution in [0.2, 0.25) is 5.02 Å². The predicted octanol–water partition coefficient (Wildman–Crippen LogP) is 3.21. The zero-order valence-electron chi connectivity index (χ0n) is 12.2. The minimum atomic E-state index is -3.40. The van der Waals surface area contributed by atoms with Crippen LogP contribution < -0.4 is 0 Å². The van der Waals surface area contributed by atoms with Crippen molar-refractivity contribution >= 4 is 38.6 Å². The number of benzene rings is 2. The largest absolute Gasteiger partial charge is 0.457 e. The summed E-state index contributed by atoms with van der Waals surface area (Å²) < 4.78 is 28.4. The molecule has 4 nitrogen and oxygen atoms in total. The van der Waals surface area contributed by atoms with E-state index in [1.54, 1.807) is 12.1 Å². The molecule has 1 heterocycles. The monoisotopic (exact) mass is 348 g/mol. The van der Waals surface area contributed by atoms with Crippen molar-refractivity contribution in [2.45, 2.75) is 4.90 Å². The fraction of sp³-hybridized carbons (Fsp3) is 0.118. The van der Waals surface area contributed by atoms with E-state index in [2.05, 4.69) is 0 Å². The van der Waals surface area contributed by atoms with Gasteiger partial charge in [0.1, 0.15) is 6.61 Å². The van der Waals surface area contributed by atoms with Crippen molar-refractivity contribution in [1.82, 2.24) is 0 Å². The topological polar surface area (TPSA) is 60.4 Å². The van der Waals surface area contributed by atoms with Crippen LogP contribution in [0.15, 0.2) is 53.4 Å². The molecule has 3 rings (SSSR count). The highest BCUT2D eigenvalue weighted by Gasteiger charge is 2.27. The van der Waals surface area contributed by atoms with E-state index in [-0.39, 0.29) is 16.5 Å². The standard InChI is InChI=1S/C17H13ClO4S/c1-23(20,21)15-8-7-12(9-14(15)18)13-10-22-17(19)16(13)11-5-3-2-4-6-11/h2-9H,10H2,1H3. The Morgan fingerprint density at radius 3 is 2.35 bits per heavy atom. The molecule has 0 spiro atoms. The fourth-order valence-electron chi connectivity index (χ4n) is 2.52. The van der Waals surface area contributed by atoms with Crippen LogP contribution in [0.5, 0.6) is 0 Å². The summed E-state index contributed by atoms with van der Waals surface area (Å²) in [6.07, 6.45) is 1.10. The molecular weight excluding hydrogens is 336 g/mol. The van der Waals surface area contributed by atoms with Crippen molar-refractivity contribution in [3.8, 4) is 0 Å². The first-order valence-corrected chi connectivity index (χ1v) is 9.10. The molecule has 0 unspecified atom stereocenters. The molecule has 2 aromatic carbocycles. The SMILES string of the molecule is CS(=O)(=O)c1ccc(C2=C(c3ccccc3)C(=O)OC2)cc1Cl. The van der Waals surface area contributed by atoms with Crippen LogP contribution in [0.25, 0.3) is 11.1 Å². The van der Waals surface area contributed by atoms with Gasteiger partial charge in [-0.05, 0) is 23.3 Å². The fourth-order valence-corrected chi connectivity index (χ4v) is 3.85. The molecular formula is C17H13ClO4S. The number of sulfone groups is 1. The summed E-state index contributed by atoms with van der Waals surface area (Å²) >= 11 is 6.10. The summed E-state index contributed by atoms with van der Waals surface area (Å²) in [7, 11) is -3.40. The average molecular weight is 349 g/mol. The molecule has 0 amide bonds. The summed E-state index contributed by atoms with van der Waals surface area (Å²) in [4.78, 5) is 12.1. The maximum Gasteiger partial charge on any atom is 0.339 e. The molecule has 2 aromatic rings. The van der Waals surface area contributed by atoms with Gasteiger partial charge in [-0.15, -0.1) is 0 Å². The number of esters is 1. The molecule has 6 heteroatoms. The smallest absolute Gasteiger partial charge is 0.339 e. The van der Waals surface area contributed by atoms with Crippen LogP contribution >= 0.6 is 11.6 Å². The lowest BCUT2D eigenvalue weighted by Gasteiger charge is -2.07. The van der Waals surface area contributed by atoms with E-state index < -0.39 is 15.8 Å². The maximum atomic E-state index is 12.1. The number of hydrogen-bond donors (Lipinski definition) is 0. The Bertz CT molecular complexity index is 915. The first-order chi connectivity index (χ1) is 10.9. The third-order valence-corrected chi connectivity index (χ3v) is 5.18. The van der Waals surface area contributed by atoms with Crippen molar-refractivity contribution in [2.24, 2.45) is 0 Å². The van der Waals surface area contributed by atoms with Crippen LogP contribution in [0.1, 0.15) is 11.1 Å². The number of ether oxygens (including phenoxy) is 1. The van der Waals surface area contributed by atoms with Gasteiger partial charge in [-0.1, -0.05) is 48.0 Å². The van der Waals surface area contributed by atoms with Crippen LogP contribution in [-0.2, 0) is 19.4 Å². The van der Waals surface area contributed by atoms with Gasteiger partial charge in [0.05, 0.1) is 15.5 Å². The number of halogens is 1. The van der Waals surface area contributed by atoms with Gasteiger partial charge in [-0.2, -0.15) is 0 Å². The molecule has 1 aliphatic heterocycles. The third kappa shape index (κ3) is 3.02. The van der Waals surface area contributed by atoms with Crippen molar-refractivity contribution in [1.29, 1.82) is 0 Å². The Hall–Kier alpha value is -2.11. The zero-order chi connectivity index (χ0) is 16.6. The summed E-state index contributed by atoms with van der Waals surface area (Å²) in [5.41, 5.74) is 2.61. The van der Waals surface area contributed by atoms with E-state index in [9.17, 15) is 13.2 Å². The second kappa shape index (κ2) is 5.83. The van der Waals surface area contributed by atoms with Crippen molar-refractivity contribution < 1.29 is 17.9 Å². The third-order valence-electron chi connectivity index (χ3n) is 3.60.